The smallest absolute Gasteiger partial charge is 0.317 e. The molecule has 0 atom stereocenters. The molecule has 0 saturated carbocycles. The topological polar surface area (TPSA) is 58.2 Å². The second-order valence-electron chi connectivity index (χ2n) is 4.21. The van der Waals surface area contributed by atoms with Crippen LogP contribution in [0.1, 0.15) is 11.8 Å². The number of rotatable bonds is 9. The Labute approximate surface area is 124 Å². The Morgan fingerprint density at radius 1 is 1.33 bits per heavy atom. The molecule has 0 saturated heterocycles. The number of halogens is 4. The van der Waals surface area contributed by atoms with Gasteiger partial charge in [0, 0.05) is 4.88 Å². The number of nitrogens with one attached hydrogen (secondary N) is 2. The maximum absolute atomic E-state index is 12.7. The van der Waals surface area contributed by atoms with Gasteiger partial charge in [0.25, 0.3) is 0 Å². The standard InChI is InChI=1S/C11H16F4N2O2S2/c1-2-16-6-5-8-3-4-9(20-8)21(18,19)17-7-11(14,15)10(12)13/h3-4,10,16-17H,2,5-7H2,1H3. The Bertz CT molecular complexity index is 546. The fourth-order valence-electron chi connectivity index (χ4n) is 1.36. The van der Waals surface area contributed by atoms with Crippen LogP contribution in [0.25, 0.3) is 0 Å². The van der Waals surface area contributed by atoms with Crippen molar-refractivity contribution in [3.05, 3.63) is 17.0 Å². The van der Waals surface area contributed by atoms with E-state index in [1.54, 1.807) is 6.07 Å². The molecule has 0 radical (unpaired) electrons. The molecule has 0 fully saturated rings. The Balaban J connectivity index is 2.66. The molecule has 0 aliphatic heterocycles. The zero-order valence-corrected chi connectivity index (χ0v) is 12.8. The van der Waals surface area contributed by atoms with E-state index in [1.807, 2.05) is 6.92 Å². The zero-order chi connectivity index (χ0) is 16.1. The fourth-order valence-corrected chi connectivity index (χ4v) is 3.81. The van der Waals surface area contributed by atoms with E-state index < -0.39 is 28.9 Å². The number of likely N-dealkylation sites (N-methyl/N-ethyl adjacent to an activating group) is 1. The van der Waals surface area contributed by atoms with Gasteiger partial charge < -0.3 is 5.32 Å². The van der Waals surface area contributed by atoms with Crippen molar-refractivity contribution in [1.29, 1.82) is 0 Å². The van der Waals surface area contributed by atoms with Crippen molar-refractivity contribution in [3.63, 3.8) is 0 Å². The third-order valence-corrected chi connectivity index (χ3v) is 5.56. The summed E-state index contributed by atoms with van der Waals surface area (Å²) in [6.45, 7) is 1.74. The maximum Gasteiger partial charge on any atom is 0.320 e. The van der Waals surface area contributed by atoms with E-state index in [0.29, 0.717) is 13.0 Å². The molecule has 4 nitrogen and oxygen atoms in total. The summed E-state index contributed by atoms with van der Waals surface area (Å²) in [5.41, 5.74) is 0. The molecule has 1 aromatic heterocycles. The molecular weight excluding hydrogens is 332 g/mol. The molecule has 0 aliphatic rings. The molecule has 0 amide bonds. The van der Waals surface area contributed by atoms with Gasteiger partial charge in [0.1, 0.15) is 4.21 Å². The van der Waals surface area contributed by atoms with Crippen molar-refractivity contribution in [2.45, 2.75) is 29.9 Å². The van der Waals surface area contributed by atoms with Gasteiger partial charge in [-0.05, 0) is 31.6 Å². The molecule has 0 spiro atoms. The van der Waals surface area contributed by atoms with Crippen LogP contribution in [0.5, 0.6) is 0 Å². The second kappa shape index (κ2) is 7.52. The van der Waals surface area contributed by atoms with Crippen LogP contribution in [0.15, 0.2) is 16.3 Å². The van der Waals surface area contributed by atoms with Gasteiger partial charge in [0.15, 0.2) is 0 Å². The van der Waals surface area contributed by atoms with Crippen molar-refractivity contribution in [2.24, 2.45) is 0 Å². The van der Waals surface area contributed by atoms with Crippen LogP contribution in [0.2, 0.25) is 0 Å². The van der Waals surface area contributed by atoms with Crippen LogP contribution in [0, 0.1) is 0 Å². The largest absolute Gasteiger partial charge is 0.320 e. The second-order valence-corrected chi connectivity index (χ2v) is 7.37. The lowest BCUT2D eigenvalue weighted by Crippen LogP contribution is -2.41. The molecule has 122 valence electrons. The first kappa shape index (κ1) is 18.3. The molecule has 0 aliphatic carbocycles. The van der Waals surface area contributed by atoms with E-state index in [-0.39, 0.29) is 4.21 Å². The molecule has 1 aromatic rings. The van der Waals surface area contributed by atoms with Crippen molar-refractivity contribution < 1.29 is 26.0 Å². The minimum Gasteiger partial charge on any atom is -0.317 e. The molecule has 1 rings (SSSR count). The van der Waals surface area contributed by atoms with Gasteiger partial charge in [0.2, 0.25) is 10.0 Å². The van der Waals surface area contributed by atoms with Crippen LogP contribution in [0.3, 0.4) is 0 Å². The number of alkyl halides is 4. The molecule has 10 heteroatoms. The Morgan fingerprint density at radius 2 is 2.00 bits per heavy atom. The van der Waals surface area contributed by atoms with E-state index in [0.717, 1.165) is 22.8 Å². The highest BCUT2D eigenvalue weighted by molar-refractivity contribution is 7.91. The van der Waals surface area contributed by atoms with E-state index in [2.05, 4.69) is 5.32 Å². The van der Waals surface area contributed by atoms with Gasteiger partial charge in [-0.15, -0.1) is 11.3 Å². The van der Waals surface area contributed by atoms with Crippen LogP contribution in [-0.4, -0.2) is 40.4 Å². The summed E-state index contributed by atoms with van der Waals surface area (Å²) >= 11 is 0.926. The number of hydrogen-bond donors (Lipinski definition) is 2. The fraction of sp³-hybridized carbons (Fsp3) is 0.636. The van der Waals surface area contributed by atoms with Gasteiger partial charge in [-0.1, -0.05) is 6.92 Å². The lowest BCUT2D eigenvalue weighted by Gasteiger charge is -2.15. The van der Waals surface area contributed by atoms with Crippen molar-refractivity contribution in [1.82, 2.24) is 10.0 Å². The zero-order valence-electron chi connectivity index (χ0n) is 11.2. The normalized spacial score (nSPS) is 13.0. The predicted octanol–water partition coefficient (Wildman–Crippen LogP) is 2.08. The van der Waals surface area contributed by atoms with Gasteiger partial charge in [0.05, 0.1) is 6.54 Å². The monoisotopic (exact) mass is 348 g/mol. The molecule has 0 unspecified atom stereocenters. The summed E-state index contributed by atoms with van der Waals surface area (Å²) in [5.74, 6) is -4.39. The third kappa shape index (κ3) is 5.53. The summed E-state index contributed by atoms with van der Waals surface area (Å²) in [7, 11) is -4.20. The predicted molar refractivity (Wildman–Crippen MR) is 72.7 cm³/mol. The number of hydrogen-bond acceptors (Lipinski definition) is 4. The molecule has 0 bridgehead atoms. The van der Waals surface area contributed by atoms with Crippen molar-refractivity contribution in [3.8, 4) is 0 Å². The minimum atomic E-state index is -4.39. The van der Waals surface area contributed by atoms with Crippen molar-refractivity contribution in [2.75, 3.05) is 19.6 Å². The van der Waals surface area contributed by atoms with Gasteiger partial charge in [-0.25, -0.2) is 21.9 Å². The maximum atomic E-state index is 12.7. The highest BCUT2D eigenvalue weighted by Crippen LogP contribution is 2.25. The first-order chi connectivity index (χ1) is 9.69. The van der Waals surface area contributed by atoms with Crippen LogP contribution >= 0.6 is 11.3 Å². The van der Waals surface area contributed by atoms with E-state index >= 15 is 0 Å². The lowest BCUT2D eigenvalue weighted by atomic mass is 10.3. The summed E-state index contributed by atoms with van der Waals surface area (Å²) in [6, 6.07) is 2.84. The number of thiophene rings is 1. The Morgan fingerprint density at radius 3 is 2.57 bits per heavy atom. The quantitative estimate of drug-likeness (QED) is 0.531. The van der Waals surface area contributed by atoms with Gasteiger partial charge >= 0.3 is 12.3 Å². The summed E-state index contributed by atoms with van der Waals surface area (Å²) in [6.07, 6.45) is -3.32. The van der Waals surface area contributed by atoms with E-state index in [4.69, 9.17) is 0 Å². The van der Waals surface area contributed by atoms with Crippen LogP contribution in [0.4, 0.5) is 17.6 Å². The number of sulfonamides is 1. The summed E-state index contributed by atoms with van der Waals surface area (Å²) in [4.78, 5) is 0.761. The van der Waals surface area contributed by atoms with Crippen LogP contribution < -0.4 is 10.0 Å². The molecule has 1 heterocycles. The van der Waals surface area contributed by atoms with E-state index in [1.165, 1.54) is 10.8 Å². The molecular formula is C11H16F4N2O2S2. The van der Waals surface area contributed by atoms with Crippen molar-refractivity contribution >= 4 is 21.4 Å². The Hall–Kier alpha value is -0.710. The first-order valence-electron chi connectivity index (χ1n) is 6.14. The van der Waals surface area contributed by atoms with E-state index in [9.17, 15) is 26.0 Å². The minimum absolute atomic E-state index is 0.168. The third-order valence-electron chi connectivity index (χ3n) is 2.52. The van der Waals surface area contributed by atoms with Crippen LogP contribution in [-0.2, 0) is 16.4 Å². The molecule has 2 N–H and O–H groups in total. The summed E-state index contributed by atoms with van der Waals surface area (Å²) < 4.78 is 74.2. The SMILES string of the molecule is CCNCCc1ccc(S(=O)(=O)NCC(F)(F)C(F)F)s1. The summed E-state index contributed by atoms with van der Waals surface area (Å²) in [5, 5.41) is 3.06. The highest BCUT2D eigenvalue weighted by atomic mass is 32.2. The molecule has 21 heavy (non-hydrogen) atoms. The first-order valence-corrected chi connectivity index (χ1v) is 8.44. The Kier molecular flexibility index (Phi) is 6.57. The highest BCUT2D eigenvalue weighted by Gasteiger charge is 2.41. The molecule has 0 aromatic carbocycles. The van der Waals surface area contributed by atoms with Gasteiger partial charge in [-0.3, -0.25) is 0 Å². The van der Waals surface area contributed by atoms with Gasteiger partial charge in [-0.2, -0.15) is 8.78 Å². The lowest BCUT2D eigenvalue weighted by molar-refractivity contribution is -0.122. The average molecular weight is 348 g/mol. The average Bonchev–Trinajstić information content (AvgIpc) is 2.86.